The van der Waals surface area contributed by atoms with E-state index in [-0.39, 0.29) is 10.9 Å². The van der Waals surface area contributed by atoms with E-state index < -0.39 is 0 Å². The monoisotopic (exact) mass is 294 g/mol. The summed E-state index contributed by atoms with van der Waals surface area (Å²) in [7, 11) is 1.84. The van der Waals surface area contributed by atoms with Gasteiger partial charge in [-0.25, -0.2) is 4.98 Å². The van der Waals surface area contributed by atoms with Crippen LogP contribution in [0.25, 0.3) is 21.5 Å². The Morgan fingerprint density at radius 3 is 2.95 bits per heavy atom. The number of hydrogen-bond donors (Lipinski definition) is 1. The number of aromatic nitrogens is 4. The lowest BCUT2D eigenvalue weighted by Gasteiger charge is -2.03. The molecule has 5 nitrogen and oxygen atoms in total. The zero-order valence-electron chi connectivity index (χ0n) is 10.3. The molecule has 19 heavy (non-hydrogen) atoms. The van der Waals surface area contributed by atoms with E-state index in [2.05, 4.69) is 15.1 Å². The first kappa shape index (κ1) is 12.4. The quantitative estimate of drug-likeness (QED) is 0.739. The molecule has 0 aromatic carbocycles. The third-order valence-electron chi connectivity index (χ3n) is 2.94. The summed E-state index contributed by atoms with van der Waals surface area (Å²) in [5.74, 6) is 0.498. The van der Waals surface area contributed by atoms with Gasteiger partial charge in [0.1, 0.15) is 10.7 Å². The average molecular weight is 295 g/mol. The lowest BCUT2D eigenvalue weighted by atomic mass is 10.2. The Kier molecular flexibility index (Phi) is 2.91. The van der Waals surface area contributed by atoms with Crippen LogP contribution in [0, 0.1) is 0 Å². The fraction of sp³-hybridized carbons (Fsp3) is 0.250. The molecule has 7 heteroatoms. The molecule has 1 atom stereocenters. The number of H-pyrrole nitrogens is 1. The molecule has 3 aromatic rings. The Hall–Kier alpha value is -1.66. The summed E-state index contributed by atoms with van der Waals surface area (Å²) in [6.45, 7) is 1.78. The van der Waals surface area contributed by atoms with Crippen molar-refractivity contribution >= 4 is 33.2 Å². The molecule has 0 bridgehead atoms. The molecule has 1 N–H and O–H groups in total. The van der Waals surface area contributed by atoms with E-state index in [1.807, 2.05) is 18.5 Å². The van der Waals surface area contributed by atoms with E-state index in [9.17, 15) is 4.79 Å². The SMILES string of the molecule is CC(Cl)c1nc2scc(-c3ccnn3C)c2c(=O)[nH]1. The molecule has 0 saturated heterocycles. The van der Waals surface area contributed by atoms with Gasteiger partial charge >= 0.3 is 0 Å². The third kappa shape index (κ3) is 1.97. The van der Waals surface area contributed by atoms with Crippen molar-refractivity contribution in [3.8, 4) is 11.3 Å². The molecule has 0 aliphatic carbocycles. The molecule has 98 valence electrons. The molecule has 1 unspecified atom stereocenters. The molecule has 0 aliphatic heterocycles. The summed E-state index contributed by atoms with van der Waals surface area (Å²) in [6, 6.07) is 1.87. The molecular formula is C12H11ClN4OS. The van der Waals surface area contributed by atoms with Crippen LogP contribution in [0.4, 0.5) is 0 Å². The molecule has 0 spiro atoms. The van der Waals surface area contributed by atoms with E-state index in [4.69, 9.17) is 11.6 Å². The fourth-order valence-electron chi connectivity index (χ4n) is 1.98. The maximum atomic E-state index is 12.2. The van der Waals surface area contributed by atoms with Gasteiger partial charge in [0.15, 0.2) is 0 Å². The normalized spacial score (nSPS) is 13.0. The van der Waals surface area contributed by atoms with Crippen LogP contribution < -0.4 is 5.56 Å². The van der Waals surface area contributed by atoms with Crippen LogP contribution in [0.5, 0.6) is 0 Å². The number of hydrogen-bond acceptors (Lipinski definition) is 4. The fourth-order valence-corrected chi connectivity index (χ4v) is 3.02. The van der Waals surface area contributed by atoms with Gasteiger partial charge in [0, 0.05) is 24.2 Å². The first-order valence-corrected chi connectivity index (χ1v) is 7.03. The van der Waals surface area contributed by atoms with Crippen LogP contribution in [0.1, 0.15) is 18.1 Å². The van der Waals surface area contributed by atoms with Gasteiger partial charge in [-0.15, -0.1) is 22.9 Å². The summed E-state index contributed by atoms with van der Waals surface area (Å²) in [5.41, 5.74) is 1.58. The van der Waals surface area contributed by atoms with Gasteiger partial charge in [-0.2, -0.15) is 5.10 Å². The maximum Gasteiger partial charge on any atom is 0.260 e. The van der Waals surface area contributed by atoms with Gasteiger partial charge in [-0.05, 0) is 13.0 Å². The van der Waals surface area contributed by atoms with E-state index >= 15 is 0 Å². The van der Waals surface area contributed by atoms with E-state index in [1.54, 1.807) is 17.8 Å². The lowest BCUT2D eigenvalue weighted by Crippen LogP contribution is -2.12. The zero-order chi connectivity index (χ0) is 13.6. The van der Waals surface area contributed by atoms with E-state index in [1.165, 1.54) is 11.3 Å². The van der Waals surface area contributed by atoms with Gasteiger partial charge in [0.2, 0.25) is 0 Å². The number of nitrogens with zero attached hydrogens (tertiary/aromatic N) is 3. The van der Waals surface area contributed by atoms with Gasteiger partial charge in [0.05, 0.1) is 16.5 Å². The van der Waals surface area contributed by atoms with Crippen molar-refractivity contribution in [3.63, 3.8) is 0 Å². The molecule has 0 fully saturated rings. The number of nitrogens with one attached hydrogen (secondary N) is 1. The van der Waals surface area contributed by atoms with Gasteiger partial charge in [0.25, 0.3) is 5.56 Å². The van der Waals surface area contributed by atoms with Gasteiger partial charge in [-0.1, -0.05) is 0 Å². The van der Waals surface area contributed by atoms with Gasteiger partial charge < -0.3 is 4.98 Å². The highest BCUT2D eigenvalue weighted by molar-refractivity contribution is 7.17. The summed E-state index contributed by atoms with van der Waals surface area (Å²) in [6.07, 6.45) is 1.70. The van der Waals surface area contributed by atoms with Crippen molar-refractivity contribution in [2.75, 3.05) is 0 Å². The van der Waals surface area contributed by atoms with Crippen LogP contribution >= 0.6 is 22.9 Å². The topological polar surface area (TPSA) is 63.6 Å². The summed E-state index contributed by atoms with van der Waals surface area (Å²) >= 11 is 7.40. The maximum absolute atomic E-state index is 12.2. The minimum Gasteiger partial charge on any atom is -0.309 e. The smallest absolute Gasteiger partial charge is 0.260 e. The van der Waals surface area contributed by atoms with Crippen LogP contribution in [-0.4, -0.2) is 19.7 Å². The van der Waals surface area contributed by atoms with Crippen LogP contribution in [0.3, 0.4) is 0 Å². The first-order chi connectivity index (χ1) is 9.08. The van der Waals surface area contributed by atoms with Crippen molar-refractivity contribution in [1.82, 2.24) is 19.7 Å². The minimum absolute atomic E-state index is 0.162. The van der Waals surface area contributed by atoms with Crippen molar-refractivity contribution in [2.45, 2.75) is 12.3 Å². The molecule has 0 aliphatic rings. The van der Waals surface area contributed by atoms with E-state index in [0.717, 1.165) is 11.3 Å². The summed E-state index contributed by atoms with van der Waals surface area (Å²) in [5, 5.41) is 6.32. The standard InChI is InChI=1S/C12H11ClN4OS/c1-6(13)10-15-11(18)9-7(5-19-12(9)16-10)8-3-4-14-17(8)2/h3-6H,1-2H3,(H,15,16,18). The number of aromatic amines is 1. The first-order valence-electron chi connectivity index (χ1n) is 5.72. The second-order valence-corrected chi connectivity index (χ2v) is 5.75. The van der Waals surface area contributed by atoms with Crippen LogP contribution in [-0.2, 0) is 7.05 Å². The summed E-state index contributed by atoms with van der Waals surface area (Å²) < 4.78 is 1.74. The number of thiophene rings is 1. The number of rotatable bonds is 2. The number of alkyl halides is 1. The number of aryl methyl sites for hydroxylation is 1. The van der Waals surface area contributed by atoms with Crippen molar-refractivity contribution in [3.05, 3.63) is 33.8 Å². The Morgan fingerprint density at radius 2 is 2.32 bits per heavy atom. The average Bonchev–Trinajstić information content (AvgIpc) is 2.94. The van der Waals surface area contributed by atoms with Gasteiger partial charge in [-0.3, -0.25) is 9.48 Å². The predicted molar refractivity (Wildman–Crippen MR) is 76.7 cm³/mol. The van der Waals surface area contributed by atoms with Crippen molar-refractivity contribution in [1.29, 1.82) is 0 Å². The summed E-state index contributed by atoms with van der Waals surface area (Å²) in [4.78, 5) is 20.0. The third-order valence-corrected chi connectivity index (χ3v) is 4.01. The Balaban J connectivity index is 2.31. The molecule has 0 radical (unpaired) electrons. The van der Waals surface area contributed by atoms with Crippen molar-refractivity contribution < 1.29 is 0 Å². The zero-order valence-corrected chi connectivity index (χ0v) is 11.9. The lowest BCUT2D eigenvalue weighted by molar-refractivity contribution is 0.776. The molecular weight excluding hydrogens is 284 g/mol. The largest absolute Gasteiger partial charge is 0.309 e. The molecule has 0 saturated carbocycles. The molecule has 0 amide bonds. The van der Waals surface area contributed by atoms with E-state index in [0.29, 0.717) is 16.0 Å². The van der Waals surface area contributed by atoms with Crippen molar-refractivity contribution in [2.24, 2.45) is 7.05 Å². The predicted octanol–water partition coefficient (Wildman–Crippen LogP) is 2.68. The highest BCUT2D eigenvalue weighted by Gasteiger charge is 2.16. The Bertz CT molecular complexity index is 802. The minimum atomic E-state index is -0.320. The number of fused-ring (bicyclic) bond motifs is 1. The van der Waals surface area contributed by atoms with Crippen LogP contribution in [0.2, 0.25) is 0 Å². The van der Waals surface area contributed by atoms with Crippen LogP contribution in [0.15, 0.2) is 22.4 Å². The highest BCUT2D eigenvalue weighted by Crippen LogP contribution is 2.30. The second kappa shape index (κ2) is 4.47. The number of halogens is 1. The second-order valence-electron chi connectivity index (χ2n) is 4.24. The Labute approximate surface area is 117 Å². The highest BCUT2D eigenvalue weighted by atomic mass is 35.5. The molecule has 3 rings (SSSR count). The molecule has 3 aromatic heterocycles. The Morgan fingerprint density at radius 1 is 1.53 bits per heavy atom. The molecule has 3 heterocycles.